The Bertz CT molecular complexity index is 889. The first kappa shape index (κ1) is 52.8. The molecule has 0 saturated carbocycles. The van der Waals surface area contributed by atoms with Crippen molar-refractivity contribution >= 4 is 19.8 Å². The first-order chi connectivity index (χ1) is 26.3. The number of phosphoric acid groups is 1. The van der Waals surface area contributed by atoms with Gasteiger partial charge in [0.15, 0.2) is 6.10 Å². The van der Waals surface area contributed by atoms with E-state index in [1.807, 2.05) is 0 Å². The number of unbranched alkanes of at least 4 members (excludes halogenated alkanes) is 31. The van der Waals surface area contributed by atoms with E-state index in [0.29, 0.717) is 6.42 Å². The maximum absolute atomic E-state index is 12.4. The molecule has 0 aliphatic rings. The standard InChI is InChI=1S/C45H87O8P/c1-3-5-7-9-11-13-15-17-19-21-22-24-25-27-29-31-33-35-37-39-44(46)51-41-43(42-52-54(48,49)50)53-45(47)40-38-36-34-32-30-28-26-23-20-18-16-14-12-10-8-6-4-2/h17,19,43H,3-16,18,20-42H2,1-2H3,(H2,48,49,50)/b19-17-/t43-/m1/s1. The van der Waals surface area contributed by atoms with Crippen molar-refractivity contribution in [2.45, 2.75) is 251 Å². The summed E-state index contributed by atoms with van der Waals surface area (Å²) in [7, 11) is -4.75. The van der Waals surface area contributed by atoms with Crippen LogP contribution >= 0.6 is 7.82 Å². The Balaban J connectivity index is 3.83. The average Bonchev–Trinajstić information content (AvgIpc) is 3.14. The Morgan fingerprint density at radius 3 is 1.13 bits per heavy atom. The van der Waals surface area contributed by atoms with Crippen LogP contribution in [0.15, 0.2) is 12.2 Å². The van der Waals surface area contributed by atoms with E-state index < -0.39 is 32.5 Å². The van der Waals surface area contributed by atoms with Crippen LogP contribution < -0.4 is 0 Å². The van der Waals surface area contributed by atoms with Crippen LogP contribution in [0.4, 0.5) is 0 Å². The quantitative estimate of drug-likeness (QED) is 0.0271. The van der Waals surface area contributed by atoms with Gasteiger partial charge in [-0.2, -0.15) is 0 Å². The molecule has 54 heavy (non-hydrogen) atoms. The van der Waals surface area contributed by atoms with E-state index in [1.165, 1.54) is 180 Å². The molecule has 0 fully saturated rings. The Hall–Kier alpha value is -1.21. The second kappa shape index (κ2) is 41.4. The maximum atomic E-state index is 12.4. The molecule has 0 saturated heterocycles. The molecule has 0 aromatic heterocycles. The van der Waals surface area contributed by atoms with Crippen molar-refractivity contribution in [3.05, 3.63) is 12.2 Å². The highest BCUT2D eigenvalue weighted by atomic mass is 31.2. The summed E-state index contributed by atoms with van der Waals surface area (Å²) in [5.74, 6) is -0.872. The molecular weight excluding hydrogens is 699 g/mol. The van der Waals surface area contributed by atoms with Gasteiger partial charge in [0.05, 0.1) is 6.61 Å². The van der Waals surface area contributed by atoms with Crippen LogP contribution in [-0.4, -0.2) is 41.0 Å². The van der Waals surface area contributed by atoms with Crippen LogP contribution in [-0.2, 0) is 28.2 Å². The highest BCUT2D eigenvalue weighted by Crippen LogP contribution is 2.36. The lowest BCUT2D eigenvalue weighted by atomic mass is 10.0. The molecule has 0 aliphatic heterocycles. The van der Waals surface area contributed by atoms with Gasteiger partial charge >= 0.3 is 19.8 Å². The van der Waals surface area contributed by atoms with Crippen molar-refractivity contribution in [2.24, 2.45) is 0 Å². The summed E-state index contributed by atoms with van der Waals surface area (Å²) in [6, 6.07) is 0. The third kappa shape index (κ3) is 43.5. The molecule has 0 unspecified atom stereocenters. The SMILES string of the molecule is CCCCCCCC/C=C\CCCCCCCCCCCC(=O)OC[C@H](COP(=O)(O)O)OC(=O)CCCCCCCCCCCCCCCCCCC. The number of carbonyl (C=O) groups is 2. The minimum atomic E-state index is -4.75. The van der Waals surface area contributed by atoms with Crippen LogP contribution in [0.1, 0.15) is 245 Å². The van der Waals surface area contributed by atoms with Gasteiger partial charge in [-0.15, -0.1) is 0 Å². The number of phosphoric ester groups is 1. The minimum absolute atomic E-state index is 0.218. The molecule has 0 amide bonds. The maximum Gasteiger partial charge on any atom is 0.469 e. The molecule has 0 heterocycles. The van der Waals surface area contributed by atoms with Gasteiger partial charge in [-0.3, -0.25) is 14.1 Å². The number of hydrogen-bond donors (Lipinski definition) is 2. The smallest absolute Gasteiger partial charge is 0.462 e. The van der Waals surface area contributed by atoms with Crippen LogP contribution in [0.2, 0.25) is 0 Å². The largest absolute Gasteiger partial charge is 0.469 e. The van der Waals surface area contributed by atoms with Crippen LogP contribution in [0.25, 0.3) is 0 Å². The molecular formula is C45H87O8P. The van der Waals surface area contributed by atoms with Crippen molar-refractivity contribution in [3.8, 4) is 0 Å². The summed E-state index contributed by atoms with van der Waals surface area (Å²) in [4.78, 5) is 42.9. The highest BCUT2D eigenvalue weighted by molar-refractivity contribution is 7.46. The molecule has 8 nitrogen and oxygen atoms in total. The lowest BCUT2D eigenvalue weighted by Crippen LogP contribution is -2.29. The molecule has 1 atom stereocenters. The first-order valence-corrected chi connectivity index (χ1v) is 24.5. The van der Waals surface area contributed by atoms with Gasteiger partial charge in [-0.25, -0.2) is 4.57 Å². The second-order valence-corrected chi connectivity index (χ2v) is 17.0. The fraction of sp³-hybridized carbons (Fsp3) is 0.911. The van der Waals surface area contributed by atoms with Gasteiger partial charge in [0.2, 0.25) is 0 Å². The molecule has 0 rings (SSSR count). The molecule has 0 aliphatic carbocycles. The van der Waals surface area contributed by atoms with Crippen molar-refractivity contribution in [2.75, 3.05) is 13.2 Å². The Morgan fingerprint density at radius 1 is 0.463 bits per heavy atom. The third-order valence-corrected chi connectivity index (χ3v) is 10.8. The lowest BCUT2D eigenvalue weighted by molar-refractivity contribution is -0.161. The predicted octanol–water partition coefficient (Wildman–Crippen LogP) is 14.2. The van der Waals surface area contributed by atoms with Crippen molar-refractivity contribution in [1.82, 2.24) is 0 Å². The number of carbonyl (C=O) groups excluding carboxylic acids is 2. The van der Waals surface area contributed by atoms with E-state index in [4.69, 9.17) is 19.3 Å². The van der Waals surface area contributed by atoms with Gasteiger partial charge in [0.25, 0.3) is 0 Å². The van der Waals surface area contributed by atoms with E-state index in [0.717, 1.165) is 32.1 Å². The van der Waals surface area contributed by atoms with Gasteiger partial charge < -0.3 is 19.3 Å². The summed E-state index contributed by atoms with van der Waals surface area (Å²) in [5.41, 5.74) is 0. The normalized spacial score (nSPS) is 12.4. The summed E-state index contributed by atoms with van der Waals surface area (Å²) in [5, 5.41) is 0. The average molecular weight is 787 g/mol. The molecule has 9 heteroatoms. The van der Waals surface area contributed by atoms with Crippen molar-refractivity contribution in [1.29, 1.82) is 0 Å². The molecule has 0 spiro atoms. The van der Waals surface area contributed by atoms with Gasteiger partial charge in [0.1, 0.15) is 6.61 Å². The lowest BCUT2D eigenvalue weighted by Gasteiger charge is -2.18. The zero-order valence-electron chi connectivity index (χ0n) is 35.4. The molecule has 0 bridgehead atoms. The number of hydrogen-bond acceptors (Lipinski definition) is 6. The van der Waals surface area contributed by atoms with Gasteiger partial charge in [0, 0.05) is 12.8 Å². The van der Waals surface area contributed by atoms with Gasteiger partial charge in [-0.05, 0) is 38.5 Å². The molecule has 2 N–H and O–H groups in total. The molecule has 320 valence electrons. The Labute approximate surface area is 333 Å². The van der Waals surface area contributed by atoms with Gasteiger partial charge in [-0.1, -0.05) is 206 Å². The van der Waals surface area contributed by atoms with E-state index in [9.17, 15) is 14.2 Å². The number of allylic oxidation sites excluding steroid dienone is 2. The second-order valence-electron chi connectivity index (χ2n) is 15.7. The summed E-state index contributed by atoms with van der Waals surface area (Å²) in [6.07, 6.45) is 46.5. The zero-order valence-corrected chi connectivity index (χ0v) is 36.3. The van der Waals surface area contributed by atoms with Crippen LogP contribution in [0.3, 0.4) is 0 Å². The van der Waals surface area contributed by atoms with Crippen molar-refractivity contribution < 1.29 is 37.9 Å². The third-order valence-electron chi connectivity index (χ3n) is 10.3. The number of rotatable bonds is 43. The number of ether oxygens (including phenoxy) is 2. The number of esters is 2. The minimum Gasteiger partial charge on any atom is -0.462 e. The highest BCUT2D eigenvalue weighted by Gasteiger charge is 2.23. The molecule has 0 aromatic rings. The first-order valence-electron chi connectivity index (χ1n) is 23.0. The fourth-order valence-corrected chi connectivity index (χ4v) is 7.20. The zero-order chi connectivity index (χ0) is 39.6. The Morgan fingerprint density at radius 2 is 0.778 bits per heavy atom. The van der Waals surface area contributed by atoms with E-state index in [2.05, 4.69) is 30.5 Å². The monoisotopic (exact) mass is 787 g/mol. The van der Waals surface area contributed by atoms with Crippen LogP contribution in [0.5, 0.6) is 0 Å². The topological polar surface area (TPSA) is 119 Å². The van der Waals surface area contributed by atoms with E-state index >= 15 is 0 Å². The Kier molecular flexibility index (Phi) is 40.5. The molecule has 0 aromatic carbocycles. The summed E-state index contributed by atoms with van der Waals surface area (Å²) < 4.78 is 26.5. The van der Waals surface area contributed by atoms with E-state index in [-0.39, 0.29) is 19.4 Å². The fourth-order valence-electron chi connectivity index (χ4n) is 6.84. The van der Waals surface area contributed by atoms with E-state index in [1.54, 1.807) is 0 Å². The summed E-state index contributed by atoms with van der Waals surface area (Å²) >= 11 is 0. The molecule has 0 radical (unpaired) electrons. The van der Waals surface area contributed by atoms with Crippen LogP contribution in [0, 0.1) is 0 Å². The summed E-state index contributed by atoms with van der Waals surface area (Å²) in [6.45, 7) is 3.72. The van der Waals surface area contributed by atoms with Crippen molar-refractivity contribution in [3.63, 3.8) is 0 Å². The predicted molar refractivity (Wildman–Crippen MR) is 226 cm³/mol.